The van der Waals surface area contributed by atoms with E-state index in [0.29, 0.717) is 16.8 Å². The predicted molar refractivity (Wildman–Crippen MR) is 117 cm³/mol. The molecular weight excluding hydrogens is 410 g/mol. The van der Waals surface area contributed by atoms with Crippen molar-refractivity contribution in [2.75, 3.05) is 7.11 Å². The SMILES string of the molecule is COc1ccc2cn(C[C@@]3(C#Cc4c5ccccc5nn4C)NC(=O)NC3=O)c(O)c2c1. The van der Waals surface area contributed by atoms with Crippen LogP contribution in [0.5, 0.6) is 11.6 Å². The topological polar surface area (TPSA) is 110 Å². The first-order chi connectivity index (χ1) is 15.4. The molecule has 5 rings (SSSR count). The van der Waals surface area contributed by atoms with E-state index < -0.39 is 17.5 Å². The first-order valence-corrected chi connectivity index (χ1v) is 9.84. The van der Waals surface area contributed by atoms with E-state index in [2.05, 4.69) is 27.6 Å². The molecule has 1 saturated heterocycles. The number of aromatic hydroxyl groups is 1. The van der Waals surface area contributed by atoms with E-state index in [1.807, 2.05) is 24.3 Å². The van der Waals surface area contributed by atoms with Crippen LogP contribution >= 0.6 is 0 Å². The molecule has 3 amide bonds. The fourth-order valence-corrected chi connectivity index (χ4v) is 3.92. The van der Waals surface area contributed by atoms with Crippen molar-refractivity contribution in [3.8, 4) is 23.5 Å². The fraction of sp³-hybridized carbons (Fsp3) is 0.174. The molecule has 1 aliphatic heterocycles. The Bertz CT molecular complexity index is 1470. The van der Waals surface area contributed by atoms with Gasteiger partial charge in [-0.1, -0.05) is 18.1 Å². The predicted octanol–water partition coefficient (Wildman–Crippen LogP) is 1.87. The highest BCUT2D eigenvalue weighted by Gasteiger charge is 2.46. The summed E-state index contributed by atoms with van der Waals surface area (Å²) in [5.41, 5.74) is -0.184. The number of methoxy groups -OCH3 is 1. The highest BCUT2D eigenvalue weighted by atomic mass is 16.5. The summed E-state index contributed by atoms with van der Waals surface area (Å²) in [6.07, 6.45) is 1.70. The summed E-state index contributed by atoms with van der Waals surface area (Å²) in [4.78, 5) is 24.8. The van der Waals surface area contributed by atoms with Crippen LogP contribution in [0.15, 0.2) is 48.7 Å². The lowest BCUT2D eigenvalue weighted by atomic mass is 10.00. The summed E-state index contributed by atoms with van der Waals surface area (Å²) < 4.78 is 8.35. The van der Waals surface area contributed by atoms with E-state index in [9.17, 15) is 14.7 Å². The van der Waals surface area contributed by atoms with Crippen molar-refractivity contribution in [2.45, 2.75) is 12.1 Å². The number of nitrogens with zero attached hydrogens (tertiary/aromatic N) is 3. The molecule has 1 aliphatic rings. The van der Waals surface area contributed by atoms with Crippen LogP contribution in [-0.2, 0) is 18.4 Å². The lowest BCUT2D eigenvalue weighted by Gasteiger charge is -2.20. The smallest absolute Gasteiger partial charge is 0.323 e. The van der Waals surface area contributed by atoms with E-state index >= 15 is 0 Å². The maximum atomic E-state index is 12.8. The van der Waals surface area contributed by atoms with Gasteiger partial charge in [0.05, 0.1) is 19.2 Å². The average Bonchev–Trinajstić information content (AvgIpc) is 3.37. The molecule has 9 heteroatoms. The van der Waals surface area contributed by atoms with Crippen LogP contribution < -0.4 is 15.4 Å². The largest absolute Gasteiger partial charge is 0.497 e. The molecule has 2 aromatic carbocycles. The van der Waals surface area contributed by atoms with Crippen LogP contribution in [0.1, 0.15) is 5.69 Å². The number of aryl methyl sites for hydroxylation is 1. The summed E-state index contributed by atoms with van der Waals surface area (Å²) in [7, 11) is 3.31. The Balaban J connectivity index is 1.60. The van der Waals surface area contributed by atoms with Gasteiger partial charge in [0.2, 0.25) is 5.54 Å². The second-order valence-corrected chi connectivity index (χ2v) is 7.59. The van der Waals surface area contributed by atoms with Crippen molar-refractivity contribution in [1.29, 1.82) is 0 Å². The van der Waals surface area contributed by atoms with Crippen LogP contribution in [0.25, 0.3) is 21.7 Å². The van der Waals surface area contributed by atoms with Crippen molar-refractivity contribution < 1.29 is 19.4 Å². The zero-order valence-corrected chi connectivity index (χ0v) is 17.3. The molecule has 1 fully saturated rings. The normalized spacial score (nSPS) is 17.8. The molecule has 3 heterocycles. The van der Waals surface area contributed by atoms with Crippen molar-refractivity contribution in [1.82, 2.24) is 25.0 Å². The van der Waals surface area contributed by atoms with Gasteiger partial charge in [0.15, 0.2) is 5.88 Å². The minimum atomic E-state index is -1.57. The van der Waals surface area contributed by atoms with E-state index in [1.165, 1.54) is 4.57 Å². The number of amides is 3. The average molecular weight is 429 g/mol. The third-order valence-corrected chi connectivity index (χ3v) is 5.55. The second kappa shape index (κ2) is 7.06. The molecule has 3 N–H and O–H groups in total. The number of rotatable bonds is 3. The van der Waals surface area contributed by atoms with Gasteiger partial charge >= 0.3 is 6.03 Å². The fourth-order valence-electron chi connectivity index (χ4n) is 3.92. The van der Waals surface area contributed by atoms with Crippen molar-refractivity contribution in [2.24, 2.45) is 7.05 Å². The van der Waals surface area contributed by atoms with Gasteiger partial charge in [0, 0.05) is 29.4 Å². The van der Waals surface area contributed by atoms with Gasteiger partial charge in [-0.2, -0.15) is 5.10 Å². The van der Waals surface area contributed by atoms with E-state index in [-0.39, 0.29) is 12.4 Å². The van der Waals surface area contributed by atoms with Crippen LogP contribution in [-0.4, -0.2) is 44.0 Å². The third-order valence-electron chi connectivity index (χ3n) is 5.55. The molecular formula is C23H19N5O4. The lowest BCUT2D eigenvalue weighted by Crippen LogP contribution is -2.49. The van der Waals surface area contributed by atoms with Crippen molar-refractivity contribution in [3.63, 3.8) is 0 Å². The zero-order valence-electron chi connectivity index (χ0n) is 17.3. The Morgan fingerprint density at radius 1 is 1.19 bits per heavy atom. The number of urea groups is 1. The van der Waals surface area contributed by atoms with Gasteiger partial charge in [0.1, 0.15) is 11.4 Å². The van der Waals surface area contributed by atoms with E-state index in [1.54, 1.807) is 43.2 Å². The quantitative estimate of drug-likeness (QED) is 0.340. The molecule has 4 aromatic rings. The number of aromatic nitrogens is 3. The Morgan fingerprint density at radius 3 is 2.75 bits per heavy atom. The summed E-state index contributed by atoms with van der Waals surface area (Å²) >= 11 is 0. The Hall–Kier alpha value is -4.45. The molecule has 0 radical (unpaired) electrons. The lowest BCUT2D eigenvalue weighted by molar-refractivity contribution is -0.122. The molecule has 0 spiro atoms. The molecule has 0 aliphatic carbocycles. The number of imide groups is 1. The van der Waals surface area contributed by atoms with Gasteiger partial charge in [-0.3, -0.25) is 14.8 Å². The highest BCUT2D eigenvalue weighted by Crippen LogP contribution is 2.32. The number of carbonyl (C=O) groups excluding carboxylic acids is 2. The number of ether oxygens (including phenoxy) is 1. The third kappa shape index (κ3) is 3.01. The van der Waals surface area contributed by atoms with E-state index in [0.717, 1.165) is 16.3 Å². The summed E-state index contributed by atoms with van der Waals surface area (Å²) in [6.45, 7) is -0.0871. The number of hydrogen-bond donors (Lipinski definition) is 3. The standard InChI is InChI=1S/C23H19N5O4/c1-27-19(16-5-3-4-6-18(16)26-27)9-10-23(21(30)24-22(31)25-23)13-28-12-14-7-8-15(32-2)11-17(14)20(28)29/h3-8,11-12,29H,13H2,1-2H3,(H2,24,25,30,31)/t23-/m1/s1. The van der Waals surface area contributed by atoms with Gasteiger partial charge in [-0.05, 0) is 36.3 Å². The van der Waals surface area contributed by atoms with Crippen LogP contribution in [0.3, 0.4) is 0 Å². The maximum absolute atomic E-state index is 12.8. The van der Waals surface area contributed by atoms with Crippen LogP contribution in [0, 0.1) is 11.8 Å². The maximum Gasteiger partial charge on any atom is 0.323 e. The second-order valence-electron chi connectivity index (χ2n) is 7.59. The monoisotopic (exact) mass is 429 g/mol. The minimum Gasteiger partial charge on any atom is -0.497 e. The number of hydrogen-bond acceptors (Lipinski definition) is 5. The molecule has 9 nitrogen and oxygen atoms in total. The summed E-state index contributed by atoms with van der Waals surface area (Å²) in [6, 6.07) is 12.2. The number of carbonyl (C=O) groups is 2. The van der Waals surface area contributed by atoms with Gasteiger partial charge in [-0.15, -0.1) is 0 Å². The molecule has 1 atom stereocenters. The molecule has 0 bridgehead atoms. The number of benzene rings is 2. The van der Waals surface area contributed by atoms with Crippen molar-refractivity contribution in [3.05, 3.63) is 54.4 Å². The van der Waals surface area contributed by atoms with Gasteiger partial charge < -0.3 is 19.7 Å². The molecule has 32 heavy (non-hydrogen) atoms. The zero-order chi connectivity index (χ0) is 22.5. The minimum absolute atomic E-state index is 0.0555. The molecule has 160 valence electrons. The highest BCUT2D eigenvalue weighted by molar-refractivity contribution is 6.09. The molecule has 2 aromatic heterocycles. The first kappa shape index (κ1) is 19.5. The summed E-state index contributed by atoms with van der Waals surface area (Å²) in [5.74, 6) is 5.91. The van der Waals surface area contributed by atoms with Gasteiger partial charge in [0.25, 0.3) is 5.91 Å². The van der Waals surface area contributed by atoms with E-state index in [4.69, 9.17) is 4.74 Å². The molecule has 0 saturated carbocycles. The Morgan fingerprint density at radius 2 is 2.00 bits per heavy atom. The molecule has 0 unspecified atom stereocenters. The van der Waals surface area contributed by atoms with Crippen molar-refractivity contribution >= 4 is 33.6 Å². The first-order valence-electron chi connectivity index (χ1n) is 9.84. The Labute approximate surface area is 182 Å². The van der Waals surface area contributed by atoms with Crippen LogP contribution in [0.4, 0.5) is 4.79 Å². The number of nitrogens with one attached hydrogen (secondary N) is 2. The van der Waals surface area contributed by atoms with Crippen LogP contribution in [0.2, 0.25) is 0 Å². The van der Waals surface area contributed by atoms with Gasteiger partial charge in [-0.25, -0.2) is 4.79 Å². The summed E-state index contributed by atoms with van der Waals surface area (Å²) in [5, 5.41) is 22.2. The number of fused-ring (bicyclic) bond motifs is 2. The Kier molecular flexibility index (Phi) is 4.30.